The van der Waals surface area contributed by atoms with E-state index in [1.807, 2.05) is 6.92 Å². The molecule has 0 aliphatic carbocycles. The molecule has 0 saturated heterocycles. The molecule has 0 heterocycles. The number of carbonyl (C=O) groups is 1. The van der Waals surface area contributed by atoms with Gasteiger partial charge in [0, 0.05) is 7.05 Å². The van der Waals surface area contributed by atoms with Crippen molar-refractivity contribution in [1.82, 2.24) is 5.43 Å². The second-order valence-corrected chi connectivity index (χ2v) is 5.01. The summed E-state index contributed by atoms with van der Waals surface area (Å²) in [5.74, 6) is 1.99. The quantitative estimate of drug-likeness (QED) is 0.252. The van der Waals surface area contributed by atoms with Crippen molar-refractivity contribution in [2.45, 2.75) is 13.3 Å². The number of aromatic hydroxyl groups is 1. The maximum absolute atomic E-state index is 11.2. The molecule has 2 aromatic carbocycles. The number of nitrogens with zero attached hydrogens (tertiary/aromatic N) is 1. The van der Waals surface area contributed by atoms with Gasteiger partial charge in [0.2, 0.25) is 0 Å². The maximum atomic E-state index is 11.2. The van der Waals surface area contributed by atoms with Crippen LogP contribution in [-0.4, -0.2) is 24.2 Å². The number of rotatable bonds is 8. The molecule has 2 aromatic rings. The molecular weight excluding hydrogens is 320 g/mol. The number of phenolic OH excluding ortho intramolecular Hbond substituents is 1. The average molecular weight is 340 g/mol. The molecule has 130 valence electrons. The molecule has 25 heavy (non-hydrogen) atoms. The molecule has 2 N–H and O–H groups in total. The van der Waals surface area contributed by atoms with Gasteiger partial charge >= 0.3 is 0 Å². The first kappa shape index (κ1) is 18.1. The summed E-state index contributed by atoms with van der Waals surface area (Å²) >= 11 is 0. The van der Waals surface area contributed by atoms with Gasteiger partial charge in [0.25, 0.3) is 0 Å². The first-order chi connectivity index (χ1) is 12.2. The lowest BCUT2D eigenvalue weighted by Gasteiger charge is -2.07. The molecule has 0 aliphatic heterocycles. The van der Waals surface area contributed by atoms with Crippen LogP contribution in [0.15, 0.2) is 65.5 Å². The van der Waals surface area contributed by atoms with Gasteiger partial charge in [-0.2, -0.15) is 5.10 Å². The van der Waals surface area contributed by atoms with E-state index in [-0.39, 0.29) is 5.75 Å². The Morgan fingerprint density at radius 3 is 2.16 bits per heavy atom. The number of hydrazone groups is 1. The van der Waals surface area contributed by atoms with Crippen LogP contribution in [0, 0.1) is 0 Å². The molecule has 6 nitrogen and oxygen atoms in total. The molecule has 0 saturated carbocycles. The average Bonchev–Trinajstić information content (AvgIpc) is 2.64. The van der Waals surface area contributed by atoms with E-state index < -0.39 is 0 Å². The Labute approximate surface area is 146 Å². The van der Waals surface area contributed by atoms with E-state index in [1.165, 1.54) is 6.26 Å². The van der Waals surface area contributed by atoms with Gasteiger partial charge in [0.05, 0.1) is 11.3 Å². The number of carbonyl (C=O) groups excluding carboxylic acids is 1. The first-order valence-electron chi connectivity index (χ1n) is 7.79. The third-order valence-corrected chi connectivity index (χ3v) is 3.26. The monoisotopic (exact) mass is 340 g/mol. The summed E-state index contributed by atoms with van der Waals surface area (Å²) in [6, 6.07) is 13.4. The molecule has 0 fully saturated rings. The number of benzene rings is 2. The second kappa shape index (κ2) is 9.12. The van der Waals surface area contributed by atoms with E-state index in [0.717, 1.165) is 0 Å². The van der Waals surface area contributed by atoms with E-state index in [1.54, 1.807) is 55.6 Å². The van der Waals surface area contributed by atoms with E-state index in [0.29, 0.717) is 41.2 Å². The minimum Gasteiger partial charge on any atom is -0.508 e. The summed E-state index contributed by atoms with van der Waals surface area (Å²) < 4.78 is 11.2. The Morgan fingerprint density at radius 1 is 1.08 bits per heavy atom. The van der Waals surface area contributed by atoms with Gasteiger partial charge < -0.3 is 20.0 Å². The molecule has 0 aromatic heterocycles. The number of ether oxygens (including phenoxy) is 2. The van der Waals surface area contributed by atoms with Crippen molar-refractivity contribution < 1.29 is 19.4 Å². The maximum Gasteiger partial charge on any atom is 0.155 e. The lowest BCUT2D eigenvalue weighted by molar-refractivity contribution is -0.104. The van der Waals surface area contributed by atoms with E-state index in [2.05, 4.69) is 10.5 Å². The van der Waals surface area contributed by atoms with Crippen LogP contribution >= 0.6 is 0 Å². The molecule has 0 spiro atoms. The fourth-order valence-corrected chi connectivity index (χ4v) is 2.01. The largest absolute Gasteiger partial charge is 0.508 e. The van der Waals surface area contributed by atoms with Crippen molar-refractivity contribution in [1.29, 1.82) is 0 Å². The summed E-state index contributed by atoms with van der Waals surface area (Å²) in [5.41, 5.74) is 3.66. The highest BCUT2D eigenvalue weighted by Crippen LogP contribution is 2.25. The molecule has 0 amide bonds. The van der Waals surface area contributed by atoms with Crippen LogP contribution in [0.5, 0.6) is 23.0 Å². The van der Waals surface area contributed by atoms with Crippen molar-refractivity contribution in [2.24, 2.45) is 5.10 Å². The third-order valence-electron chi connectivity index (χ3n) is 3.26. The van der Waals surface area contributed by atoms with Gasteiger partial charge in [-0.05, 0) is 55.0 Å². The zero-order valence-electron chi connectivity index (χ0n) is 14.1. The lowest BCUT2D eigenvalue weighted by Crippen LogP contribution is -2.09. The van der Waals surface area contributed by atoms with Crippen LogP contribution < -0.4 is 14.9 Å². The highest BCUT2D eigenvalue weighted by Gasteiger charge is 2.05. The summed E-state index contributed by atoms with van der Waals surface area (Å²) in [4.78, 5) is 11.2. The Hall–Kier alpha value is -3.28. The molecule has 2 rings (SSSR count). The van der Waals surface area contributed by atoms with Crippen LogP contribution in [-0.2, 0) is 4.79 Å². The predicted molar refractivity (Wildman–Crippen MR) is 96.2 cm³/mol. The fourth-order valence-electron chi connectivity index (χ4n) is 2.01. The van der Waals surface area contributed by atoms with E-state index >= 15 is 0 Å². The topological polar surface area (TPSA) is 80.2 Å². The zero-order valence-corrected chi connectivity index (χ0v) is 14.1. The Kier molecular flexibility index (Phi) is 6.59. The van der Waals surface area contributed by atoms with Crippen molar-refractivity contribution in [2.75, 3.05) is 7.05 Å². The number of nitrogens with one attached hydrogen (secondary N) is 1. The minimum atomic E-state index is 0.183. The molecule has 0 atom stereocenters. The molecule has 0 unspecified atom stereocenters. The summed E-state index contributed by atoms with van der Waals surface area (Å²) in [5, 5.41) is 13.3. The first-order valence-corrected chi connectivity index (χ1v) is 7.79. The van der Waals surface area contributed by atoms with Crippen LogP contribution in [0.3, 0.4) is 0 Å². The van der Waals surface area contributed by atoms with Gasteiger partial charge in [0.1, 0.15) is 29.3 Å². The minimum absolute atomic E-state index is 0.183. The Balaban J connectivity index is 2.04. The Bertz CT molecular complexity index is 750. The summed E-state index contributed by atoms with van der Waals surface area (Å²) in [6.07, 6.45) is 2.69. The lowest BCUT2D eigenvalue weighted by atomic mass is 10.1. The highest BCUT2D eigenvalue weighted by atomic mass is 16.5. The van der Waals surface area contributed by atoms with Crippen LogP contribution in [0.2, 0.25) is 0 Å². The Morgan fingerprint density at radius 2 is 1.64 bits per heavy atom. The van der Waals surface area contributed by atoms with Gasteiger partial charge in [-0.1, -0.05) is 6.92 Å². The summed E-state index contributed by atoms with van der Waals surface area (Å²) in [6.45, 7) is 1.91. The highest BCUT2D eigenvalue weighted by molar-refractivity contribution is 6.14. The number of hydrogen-bond acceptors (Lipinski definition) is 6. The standard InChI is InChI=1S/C19H20N2O4/c1-3-19(21-20-2)14(12-22)13-24-16-8-10-18(11-9-16)25-17-6-4-15(23)5-7-17/h4-13,20,23H,3H2,1-2H3/b14-13+,21-19-. The number of allylic oxidation sites excluding steroid dienone is 1. The molecule has 0 bridgehead atoms. The SMILES string of the molecule is CCC(=N/NC)/C(C=O)=C/Oc1ccc(Oc2ccc(O)cc2)cc1. The fraction of sp³-hybridized carbons (Fsp3) is 0.158. The van der Waals surface area contributed by atoms with Crippen LogP contribution in [0.4, 0.5) is 0 Å². The zero-order chi connectivity index (χ0) is 18.1. The number of phenols is 1. The van der Waals surface area contributed by atoms with Crippen molar-refractivity contribution in [3.63, 3.8) is 0 Å². The predicted octanol–water partition coefficient (Wildman–Crippen LogP) is 3.63. The second-order valence-electron chi connectivity index (χ2n) is 5.01. The van der Waals surface area contributed by atoms with Gasteiger partial charge in [0.15, 0.2) is 6.29 Å². The van der Waals surface area contributed by atoms with Crippen molar-refractivity contribution in [3.05, 3.63) is 60.4 Å². The normalized spacial score (nSPS) is 11.8. The van der Waals surface area contributed by atoms with Crippen molar-refractivity contribution >= 4 is 12.0 Å². The molecule has 6 heteroatoms. The van der Waals surface area contributed by atoms with Gasteiger partial charge in [-0.3, -0.25) is 4.79 Å². The van der Waals surface area contributed by atoms with Crippen molar-refractivity contribution in [3.8, 4) is 23.0 Å². The van der Waals surface area contributed by atoms with Gasteiger partial charge in [-0.25, -0.2) is 0 Å². The molecule has 0 radical (unpaired) electrons. The van der Waals surface area contributed by atoms with Crippen LogP contribution in [0.25, 0.3) is 0 Å². The molecule has 0 aliphatic rings. The van der Waals surface area contributed by atoms with E-state index in [9.17, 15) is 9.90 Å². The van der Waals surface area contributed by atoms with Crippen LogP contribution in [0.1, 0.15) is 13.3 Å². The van der Waals surface area contributed by atoms with E-state index in [4.69, 9.17) is 9.47 Å². The molecular formula is C19H20N2O4. The van der Waals surface area contributed by atoms with Gasteiger partial charge in [-0.15, -0.1) is 0 Å². The smallest absolute Gasteiger partial charge is 0.155 e. The third kappa shape index (κ3) is 5.39. The summed E-state index contributed by atoms with van der Waals surface area (Å²) in [7, 11) is 1.67. The number of aldehydes is 1. The number of hydrogen-bond donors (Lipinski definition) is 2.